The molecule has 0 saturated carbocycles. The third-order valence-electron chi connectivity index (χ3n) is 5.34. The monoisotopic (exact) mass is 367 g/mol. The van der Waals surface area contributed by atoms with Gasteiger partial charge >= 0.3 is 0 Å². The van der Waals surface area contributed by atoms with Crippen molar-refractivity contribution in [3.8, 4) is 11.3 Å². The van der Waals surface area contributed by atoms with E-state index in [9.17, 15) is 0 Å². The van der Waals surface area contributed by atoms with Gasteiger partial charge in [0.15, 0.2) is 0 Å². The van der Waals surface area contributed by atoms with E-state index in [1.807, 2.05) is 36.9 Å². The molecule has 4 heterocycles. The summed E-state index contributed by atoms with van der Waals surface area (Å²) >= 11 is 0. The Balaban J connectivity index is 1.46. The van der Waals surface area contributed by atoms with E-state index in [1.165, 1.54) is 11.4 Å². The van der Waals surface area contributed by atoms with Crippen LogP contribution in [0.4, 0.5) is 11.4 Å². The summed E-state index contributed by atoms with van der Waals surface area (Å²) in [5.41, 5.74) is 5.59. The Morgan fingerprint density at radius 2 is 1.39 bits per heavy atom. The van der Waals surface area contributed by atoms with Gasteiger partial charge in [-0.1, -0.05) is 18.2 Å². The topological polar surface area (TPSA) is 45.2 Å². The lowest BCUT2D eigenvalue weighted by Gasteiger charge is -2.38. The van der Waals surface area contributed by atoms with E-state index >= 15 is 0 Å². The lowest BCUT2D eigenvalue weighted by molar-refractivity contribution is 0.653. The Kier molecular flexibility index (Phi) is 4.33. The van der Waals surface area contributed by atoms with Gasteiger partial charge in [-0.05, 0) is 36.4 Å². The van der Waals surface area contributed by atoms with Crippen molar-refractivity contribution in [1.82, 2.24) is 15.0 Å². The molecule has 1 fully saturated rings. The van der Waals surface area contributed by atoms with Crippen LogP contribution in [0.1, 0.15) is 0 Å². The summed E-state index contributed by atoms with van der Waals surface area (Å²) in [4.78, 5) is 18.2. The maximum absolute atomic E-state index is 4.76. The van der Waals surface area contributed by atoms with E-state index in [2.05, 4.69) is 62.2 Å². The Hall–Kier alpha value is -3.47. The number of aromatic nitrogens is 3. The number of nitrogens with zero attached hydrogens (tertiary/aromatic N) is 5. The molecule has 1 aliphatic heterocycles. The number of rotatable bonds is 3. The molecule has 0 radical (unpaired) electrons. The lowest BCUT2D eigenvalue weighted by atomic mass is 10.0. The van der Waals surface area contributed by atoms with Crippen LogP contribution in [0.5, 0.6) is 0 Å². The molecule has 0 spiro atoms. The van der Waals surface area contributed by atoms with E-state index in [0.717, 1.165) is 48.3 Å². The Morgan fingerprint density at radius 1 is 0.643 bits per heavy atom. The van der Waals surface area contributed by atoms with E-state index in [-0.39, 0.29) is 0 Å². The summed E-state index contributed by atoms with van der Waals surface area (Å²) in [5, 5.41) is 1.14. The third-order valence-corrected chi connectivity index (χ3v) is 5.34. The van der Waals surface area contributed by atoms with E-state index in [1.54, 1.807) is 0 Å². The normalized spacial score (nSPS) is 14.4. The summed E-state index contributed by atoms with van der Waals surface area (Å²) < 4.78 is 0. The van der Waals surface area contributed by atoms with Crippen molar-refractivity contribution in [2.45, 2.75) is 0 Å². The number of hydrogen-bond acceptors (Lipinski definition) is 5. The van der Waals surface area contributed by atoms with Gasteiger partial charge in [0.05, 0.1) is 16.9 Å². The molecule has 1 saturated heterocycles. The molecule has 0 bridgehead atoms. The fraction of sp³-hybridized carbons (Fsp3) is 0.174. The standard InChI is InChI=1S/C23H21N5/c1-4-20(19-5-2-10-25-21(19)6-1)23-22(7-3-11-26-23)28-16-14-27(15-17-28)18-8-12-24-13-9-18/h1-13H,14-17H2. The second-order valence-electron chi connectivity index (χ2n) is 6.93. The highest BCUT2D eigenvalue weighted by atomic mass is 15.3. The summed E-state index contributed by atoms with van der Waals surface area (Å²) in [5.74, 6) is 0. The van der Waals surface area contributed by atoms with Crippen LogP contribution >= 0.6 is 0 Å². The second-order valence-corrected chi connectivity index (χ2v) is 6.93. The smallest absolute Gasteiger partial charge is 0.0942 e. The molecule has 0 unspecified atom stereocenters. The first-order valence-corrected chi connectivity index (χ1v) is 9.59. The number of fused-ring (bicyclic) bond motifs is 1. The van der Waals surface area contributed by atoms with Gasteiger partial charge in [-0.2, -0.15) is 0 Å². The van der Waals surface area contributed by atoms with Crippen molar-refractivity contribution in [3.05, 3.63) is 79.4 Å². The van der Waals surface area contributed by atoms with Gasteiger partial charge in [0, 0.05) is 67.6 Å². The maximum Gasteiger partial charge on any atom is 0.0942 e. The van der Waals surface area contributed by atoms with Crippen molar-refractivity contribution < 1.29 is 0 Å². The zero-order valence-corrected chi connectivity index (χ0v) is 15.6. The van der Waals surface area contributed by atoms with Gasteiger partial charge in [-0.15, -0.1) is 0 Å². The molecular weight excluding hydrogens is 346 g/mol. The highest BCUT2D eigenvalue weighted by Gasteiger charge is 2.21. The molecule has 0 amide bonds. The summed E-state index contributed by atoms with van der Waals surface area (Å²) in [6, 6.07) is 18.7. The van der Waals surface area contributed by atoms with Crippen LogP contribution < -0.4 is 9.80 Å². The number of benzene rings is 1. The average Bonchev–Trinajstić information content (AvgIpc) is 2.79. The molecule has 0 aliphatic carbocycles. The van der Waals surface area contributed by atoms with Gasteiger partial charge < -0.3 is 9.80 Å². The average molecular weight is 367 g/mol. The second kappa shape index (κ2) is 7.27. The molecular formula is C23H21N5. The van der Waals surface area contributed by atoms with E-state index in [4.69, 9.17) is 4.98 Å². The zero-order chi connectivity index (χ0) is 18.8. The highest BCUT2D eigenvalue weighted by Crippen LogP contribution is 2.34. The molecule has 5 nitrogen and oxygen atoms in total. The van der Waals surface area contributed by atoms with Crippen LogP contribution in [0, 0.1) is 0 Å². The number of piperazine rings is 1. The Morgan fingerprint density at radius 3 is 2.25 bits per heavy atom. The van der Waals surface area contributed by atoms with Crippen molar-refractivity contribution >= 4 is 22.3 Å². The summed E-state index contributed by atoms with van der Waals surface area (Å²) in [6.45, 7) is 3.89. The quantitative estimate of drug-likeness (QED) is 0.547. The van der Waals surface area contributed by atoms with Crippen LogP contribution in [-0.4, -0.2) is 41.1 Å². The summed E-state index contributed by atoms with van der Waals surface area (Å²) in [6.07, 6.45) is 7.43. The first-order valence-electron chi connectivity index (χ1n) is 9.59. The van der Waals surface area contributed by atoms with Gasteiger partial charge in [0.1, 0.15) is 0 Å². The molecule has 1 aliphatic rings. The molecule has 0 N–H and O–H groups in total. The maximum atomic E-state index is 4.76. The van der Waals surface area contributed by atoms with Gasteiger partial charge in [0.25, 0.3) is 0 Å². The van der Waals surface area contributed by atoms with Crippen LogP contribution in [0.3, 0.4) is 0 Å². The van der Waals surface area contributed by atoms with Crippen LogP contribution in [0.15, 0.2) is 79.4 Å². The predicted molar refractivity (Wildman–Crippen MR) is 114 cm³/mol. The van der Waals surface area contributed by atoms with E-state index in [0.29, 0.717) is 0 Å². The minimum Gasteiger partial charge on any atom is -0.368 e. The lowest BCUT2D eigenvalue weighted by Crippen LogP contribution is -2.46. The first-order chi connectivity index (χ1) is 13.9. The fourth-order valence-corrected chi connectivity index (χ4v) is 3.93. The Labute approximate surface area is 164 Å². The van der Waals surface area contributed by atoms with Crippen LogP contribution in [-0.2, 0) is 0 Å². The van der Waals surface area contributed by atoms with Crippen LogP contribution in [0.2, 0.25) is 0 Å². The molecule has 3 aromatic heterocycles. The molecule has 4 aromatic rings. The van der Waals surface area contributed by atoms with Gasteiger partial charge in [-0.25, -0.2) is 0 Å². The SMILES string of the molecule is c1cnc(-c2cccc3ncccc23)c(N2CCN(c3ccncc3)CC2)c1. The van der Waals surface area contributed by atoms with Crippen molar-refractivity contribution in [3.63, 3.8) is 0 Å². The van der Waals surface area contributed by atoms with Crippen LogP contribution in [0.25, 0.3) is 22.2 Å². The molecule has 5 rings (SSSR count). The van der Waals surface area contributed by atoms with Crippen molar-refractivity contribution in [2.24, 2.45) is 0 Å². The zero-order valence-electron chi connectivity index (χ0n) is 15.6. The third kappa shape index (κ3) is 3.05. The summed E-state index contributed by atoms with van der Waals surface area (Å²) in [7, 11) is 0. The Bertz CT molecular complexity index is 1080. The predicted octanol–water partition coefficient (Wildman–Crippen LogP) is 4.02. The fourth-order valence-electron chi connectivity index (χ4n) is 3.93. The molecule has 1 aromatic carbocycles. The number of anilines is 2. The highest BCUT2D eigenvalue weighted by molar-refractivity contribution is 5.96. The van der Waals surface area contributed by atoms with Crippen molar-refractivity contribution in [1.29, 1.82) is 0 Å². The minimum atomic E-state index is 0.962. The van der Waals surface area contributed by atoms with E-state index < -0.39 is 0 Å². The minimum absolute atomic E-state index is 0.962. The van der Waals surface area contributed by atoms with Crippen molar-refractivity contribution in [2.75, 3.05) is 36.0 Å². The number of hydrogen-bond donors (Lipinski definition) is 0. The largest absolute Gasteiger partial charge is 0.368 e. The molecule has 28 heavy (non-hydrogen) atoms. The van der Waals surface area contributed by atoms with Gasteiger partial charge in [-0.3, -0.25) is 15.0 Å². The molecule has 0 atom stereocenters. The first kappa shape index (κ1) is 16.7. The molecule has 5 heteroatoms. The van der Waals surface area contributed by atoms with Gasteiger partial charge in [0.2, 0.25) is 0 Å². The molecule has 138 valence electrons. The number of pyridine rings is 3.